The van der Waals surface area contributed by atoms with E-state index in [0.717, 1.165) is 37.0 Å². The molecule has 1 aliphatic heterocycles. The molecule has 2 heterocycles. The molecule has 1 aromatic heterocycles. The topological polar surface area (TPSA) is 79.6 Å². The highest BCUT2D eigenvalue weighted by molar-refractivity contribution is 7.91. The van der Waals surface area contributed by atoms with Crippen LogP contribution in [0.5, 0.6) is 0 Å². The molecule has 29 heavy (non-hydrogen) atoms. The van der Waals surface area contributed by atoms with Crippen molar-refractivity contribution < 1.29 is 17.6 Å². The molecule has 2 aromatic rings. The number of furan rings is 1. The predicted octanol–water partition coefficient (Wildman–Crippen LogP) is 2.92. The van der Waals surface area contributed by atoms with Crippen molar-refractivity contribution in [2.24, 2.45) is 0 Å². The van der Waals surface area contributed by atoms with Crippen LogP contribution < -0.4 is 5.32 Å². The van der Waals surface area contributed by atoms with E-state index in [4.69, 9.17) is 4.42 Å². The first-order chi connectivity index (χ1) is 14.0. The Bertz CT molecular complexity index is 906. The largest absolute Gasteiger partial charge is 0.467 e. The smallest absolute Gasteiger partial charge is 0.237 e. The van der Waals surface area contributed by atoms with Crippen LogP contribution in [0.1, 0.15) is 49.5 Å². The van der Waals surface area contributed by atoms with Crippen molar-refractivity contribution in [1.29, 1.82) is 0 Å². The van der Waals surface area contributed by atoms with Gasteiger partial charge in [0.1, 0.15) is 5.76 Å². The number of benzene rings is 1. The lowest BCUT2D eigenvalue weighted by atomic mass is 10.0. The van der Waals surface area contributed by atoms with Crippen LogP contribution in [-0.2, 0) is 14.6 Å². The quantitative estimate of drug-likeness (QED) is 0.751. The van der Waals surface area contributed by atoms with Crippen LogP contribution in [0.4, 0.5) is 0 Å². The minimum atomic E-state index is -3.04. The molecular formula is C22H28N2O4S. The molecule has 7 heteroatoms. The van der Waals surface area contributed by atoms with E-state index < -0.39 is 9.84 Å². The highest BCUT2D eigenvalue weighted by Gasteiger charge is 2.39. The summed E-state index contributed by atoms with van der Waals surface area (Å²) < 4.78 is 29.6. The Morgan fingerprint density at radius 2 is 1.83 bits per heavy atom. The lowest BCUT2D eigenvalue weighted by Gasteiger charge is -2.34. The van der Waals surface area contributed by atoms with Crippen LogP contribution in [0.25, 0.3) is 0 Å². The standard InChI is InChI=1S/C22H28N2O4S/c25-21(24(18-9-4-5-10-18)19-12-14-29(26,27)16-19)15-23-22(20-11-6-13-28-20)17-7-2-1-3-8-17/h1-3,6-8,11,13,18-19,22-23H,4-5,9-10,12,14-16H2/t19-,22-/m1/s1. The van der Waals surface area contributed by atoms with Crippen molar-refractivity contribution in [2.75, 3.05) is 18.1 Å². The molecule has 156 valence electrons. The summed E-state index contributed by atoms with van der Waals surface area (Å²) in [5, 5.41) is 3.35. The van der Waals surface area contributed by atoms with Gasteiger partial charge in [0.25, 0.3) is 0 Å². The fraction of sp³-hybridized carbons (Fsp3) is 0.500. The van der Waals surface area contributed by atoms with E-state index in [0.29, 0.717) is 6.42 Å². The molecule has 1 N–H and O–H groups in total. The van der Waals surface area contributed by atoms with Gasteiger partial charge in [0.15, 0.2) is 9.84 Å². The van der Waals surface area contributed by atoms with Gasteiger partial charge in [-0.05, 0) is 37.0 Å². The van der Waals surface area contributed by atoms with E-state index in [1.807, 2.05) is 47.4 Å². The molecule has 2 atom stereocenters. The maximum absolute atomic E-state index is 13.3. The molecule has 6 nitrogen and oxygen atoms in total. The number of hydrogen-bond donors (Lipinski definition) is 1. The van der Waals surface area contributed by atoms with Crippen LogP contribution in [0.2, 0.25) is 0 Å². The zero-order valence-corrected chi connectivity index (χ0v) is 17.3. The fourth-order valence-corrected chi connectivity index (χ4v) is 6.36. The average molecular weight is 417 g/mol. The Labute approximate surface area is 172 Å². The van der Waals surface area contributed by atoms with Gasteiger partial charge >= 0.3 is 0 Å². The van der Waals surface area contributed by atoms with Crippen molar-refractivity contribution in [1.82, 2.24) is 10.2 Å². The molecule has 0 unspecified atom stereocenters. The second-order valence-corrected chi connectivity index (χ2v) is 10.3. The van der Waals surface area contributed by atoms with Gasteiger partial charge in [0.2, 0.25) is 5.91 Å². The number of carbonyl (C=O) groups excluding carboxylic acids is 1. The summed E-state index contributed by atoms with van der Waals surface area (Å²) in [7, 11) is -3.04. The Balaban J connectivity index is 1.50. The van der Waals surface area contributed by atoms with Gasteiger partial charge in [0, 0.05) is 12.1 Å². The second kappa shape index (κ2) is 8.71. The molecule has 1 saturated carbocycles. The third kappa shape index (κ3) is 4.73. The van der Waals surface area contributed by atoms with E-state index in [2.05, 4.69) is 5.32 Å². The third-order valence-corrected chi connectivity index (χ3v) is 7.78. The number of nitrogens with one attached hydrogen (secondary N) is 1. The van der Waals surface area contributed by atoms with Crippen molar-refractivity contribution in [2.45, 2.75) is 50.2 Å². The van der Waals surface area contributed by atoms with Gasteiger partial charge in [-0.25, -0.2) is 8.42 Å². The molecule has 0 spiro atoms. The van der Waals surface area contributed by atoms with E-state index >= 15 is 0 Å². The zero-order chi connectivity index (χ0) is 20.3. The SMILES string of the molecule is O=C(CN[C@H](c1ccccc1)c1ccco1)N(C1CCCC1)[C@@H]1CCS(=O)(=O)C1. The summed E-state index contributed by atoms with van der Waals surface area (Å²) >= 11 is 0. The van der Waals surface area contributed by atoms with E-state index in [-0.39, 0.29) is 42.1 Å². The molecule has 0 radical (unpaired) electrons. The third-order valence-electron chi connectivity index (χ3n) is 6.03. The van der Waals surface area contributed by atoms with Crippen molar-refractivity contribution in [3.63, 3.8) is 0 Å². The van der Waals surface area contributed by atoms with Crippen LogP contribution in [0.15, 0.2) is 53.1 Å². The highest BCUT2D eigenvalue weighted by Crippen LogP contribution is 2.29. The predicted molar refractivity (Wildman–Crippen MR) is 111 cm³/mol. The first-order valence-corrected chi connectivity index (χ1v) is 12.2. The molecule has 1 aromatic carbocycles. The van der Waals surface area contributed by atoms with Crippen molar-refractivity contribution in [3.05, 3.63) is 60.1 Å². The van der Waals surface area contributed by atoms with E-state index in [9.17, 15) is 13.2 Å². The number of rotatable bonds is 7. The summed E-state index contributed by atoms with van der Waals surface area (Å²) in [5.74, 6) is 1.00. The zero-order valence-electron chi connectivity index (χ0n) is 16.5. The van der Waals surface area contributed by atoms with Gasteiger partial charge in [0.05, 0.1) is 30.4 Å². The van der Waals surface area contributed by atoms with Crippen molar-refractivity contribution in [3.8, 4) is 0 Å². The molecule has 1 amide bonds. The Kier molecular flexibility index (Phi) is 6.06. The van der Waals surface area contributed by atoms with Crippen molar-refractivity contribution >= 4 is 15.7 Å². The van der Waals surface area contributed by atoms with Gasteiger partial charge < -0.3 is 9.32 Å². The molecular weight excluding hydrogens is 388 g/mol. The van der Waals surface area contributed by atoms with Gasteiger partial charge in [-0.15, -0.1) is 0 Å². The molecule has 1 aliphatic carbocycles. The molecule has 4 rings (SSSR count). The summed E-state index contributed by atoms with van der Waals surface area (Å²) in [5.41, 5.74) is 1.02. The summed E-state index contributed by atoms with van der Waals surface area (Å²) in [4.78, 5) is 15.2. The average Bonchev–Trinajstić information content (AvgIpc) is 3.46. The minimum Gasteiger partial charge on any atom is -0.467 e. The number of carbonyl (C=O) groups is 1. The normalized spacial score (nSPS) is 22.6. The van der Waals surface area contributed by atoms with Gasteiger partial charge in [-0.1, -0.05) is 43.2 Å². The maximum atomic E-state index is 13.3. The lowest BCUT2D eigenvalue weighted by Crippen LogP contribution is -2.50. The fourth-order valence-electron chi connectivity index (χ4n) is 4.65. The monoisotopic (exact) mass is 416 g/mol. The molecule has 2 fully saturated rings. The van der Waals surface area contributed by atoms with Gasteiger partial charge in [-0.3, -0.25) is 10.1 Å². The Hall–Kier alpha value is -2.12. The highest BCUT2D eigenvalue weighted by atomic mass is 32.2. The minimum absolute atomic E-state index is 0.0218. The number of hydrogen-bond acceptors (Lipinski definition) is 5. The summed E-state index contributed by atoms with van der Waals surface area (Å²) in [6, 6.07) is 13.3. The van der Waals surface area contributed by atoms with E-state index in [1.165, 1.54) is 0 Å². The number of sulfone groups is 1. The Morgan fingerprint density at radius 1 is 1.07 bits per heavy atom. The maximum Gasteiger partial charge on any atom is 0.237 e. The van der Waals surface area contributed by atoms with Crippen LogP contribution in [0.3, 0.4) is 0 Å². The van der Waals surface area contributed by atoms with Crippen LogP contribution >= 0.6 is 0 Å². The molecule has 2 aliphatic rings. The van der Waals surface area contributed by atoms with Crippen LogP contribution in [-0.4, -0.2) is 49.4 Å². The summed E-state index contributed by atoms with van der Waals surface area (Å²) in [6.45, 7) is 0.146. The number of nitrogens with zero attached hydrogens (tertiary/aromatic N) is 1. The first kappa shape index (κ1) is 20.2. The first-order valence-electron chi connectivity index (χ1n) is 10.4. The van der Waals surface area contributed by atoms with Gasteiger partial charge in [-0.2, -0.15) is 0 Å². The second-order valence-electron chi connectivity index (χ2n) is 8.04. The van der Waals surface area contributed by atoms with E-state index in [1.54, 1.807) is 6.26 Å². The summed E-state index contributed by atoms with van der Waals surface area (Å²) in [6.07, 6.45) is 6.29. The molecule has 1 saturated heterocycles. The molecule has 0 bridgehead atoms. The Morgan fingerprint density at radius 3 is 2.45 bits per heavy atom. The van der Waals surface area contributed by atoms with Crippen LogP contribution in [0, 0.1) is 0 Å². The lowest BCUT2D eigenvalue weighted by molar-refractivity contribution is -0.134. The number of amides is 1.